The quantitative estimate of drug-likeness (QED) is 0.443. The Morgan fingerprint density at radius 2 is 1.71 bits per heavy atom. The fraction of sp³-hybridized carbons (Fsp3) is 0.296. The van der Waals surface area contributed by atoms with E-state index >= 15 is 0 Å². The first-order valence-electron chi connectivity index (χ1n) is 10.3. The molecule has 0 bridgehead atoms. The van der Waals surface area contributed by atoms with Crippen LogP contribution in [0.25, 0.3) is 28.0 Å². The summed E-state index contributed by atoms with van der Waals surface area (Å²) in [5, 5.41) is 12.8. The molecule has 3 rings (SSSR count). The number of aliphatic carboxylic acids is 1. The van der Waals surface area contributed by atoms with Crippen molar-refractivity contribution in [3.8, 4) is 11.1 Å². The Morgan fingerprint density at radius 3 is 2.26 bits per heavy atom. The van der Waals surface area contributed by atoms with Gasteiger partial charge in [0.2, 0.25) is 0 Å². The molecule has 4 heteroatoms. The minimum absolute atomic E-state index is 0.619. The maximum Gasteiger partial charge on any atom is 0.337 e. The molecule has 0 aliphatic heterocycles. The van der Waals surface area contributed by atoms with Gasteiger partial charge >= 0.3 is 5.97 Å². The van der Waals surface area contributed by atoms with Crippen LogP contribution in [0.3, 0.4) is 0 Å². The van der Waals surface area contributed by atoms with Gasteiger partial charge in [0.05, 0.1) is 5.60 Å². The van der Waals surface area contributed by atoms with Crippen LogP contribution >= 0.6 is 11.6 Å². The topological polar surface area (TPSA) is 46.5 Å². The summed E-state index contributed by atoms with van der Waals surface area (Å²) in [4.78, 5) is 12.4. The van der Waals surface area contributed by atoms with Gasteiger partial charge in [-0.25, -0.2) is 4.79 Å². The number of hydrogen-bond donors (Lipinski definition) is 1. The number of fused-ring (bicyclic) bond motifs is 1. The molecule has 0 heterocycles. The van der Waals surface area contributed by atoms with Crippen molar-refractivity contribution in [1.29, 1.82) is 0 Å². The molecule has 3 aromatic carbocycles. The largest absolute Gasteiger partial charge is 0.479 e. The minimum atomic E-state index is -1.10. The van der Waals surface area contributed by atoms with E-state index in [0.717, 1.165) is 33.0 Å². The number of carboxylic acid groups (broad SMARTS) is 1. The van der Waals surface area contributed by atoms with Crippen LogP contribution in [0, 0.1) is 6.92 Å². The molecule has 0 spiro atoms. The van der Waals surface area contributed by atoms with Crippen LogP contribution in [0.2, 0.25) is 5.02 Å². The molecular weight excluding hydrogens is 408 g/mol. The number of benzene rings is 3. The Kier molecular flexibility index (Phi) is 6.59. The van der Waals surface area contributed by atoms with Crippen molar-refractivity contribution in [3.63, 3.8) is 0 Å². The van der Waals surface area contributed by atoms with Gasteiger partial charge in [0.25, 0.3) is 0 Å². The lowest BCUT2D eigenvalue weighted by Gasteiger charge is -2.28. The highest BCUT2D eigenvalue weighted by Gasteiger charge is 2.31. The van der Waals surface area contributed by atoms with Crippen molar-refractivity contribution < 1.29 is 14.6 Å². The first-order valence-corrected chi connectivity index (χ1v) is 10.7. The van der Waals surface area contributed by atoms with E-state index in [1.54, 1.807) is 0 Å². The molecule has 0 aliphatic rings. The van der Waals surface area contributed by atoms with Gasteiger partial charge in [0.15, 0.2) is 6.10 Å². The van der Waals surface area contributed by atoms with E-state index in [-0.39, 0.29) is 0 Å². The summed E-state index contributed by atoms with van der Waals surface area (Å²) in [6.45, 7) is 11.7. The maximum absolute atomic E-state index is 12.4. The summed E-state index contributed by atoms with van der Waals surface area (Å²) in [6, 6.07) is 15.8. The van der Waals surface area contributed by atoms with Crippen LogP contribution in [0.4, 0.5) is 0 Å². The number of ether oxygens (including phenoxy) is 1. The van der Waals surface area contributed by atoms with Gasteiger partial charge in [-0.2, -0.15) is 0 Å². The number of aryl methyl sites for hydroxylation is 1. The van der Waals surface area contributed by atoms with E-state index in [4.69, 9.17) is 16.3 Å². The Labute approximate surface area is 189 Å². The molecule has 1 atom stereocenters. The molecule has 0 aliphatic carbocycles. The lowest BCUT2D eigenvalue weighted by molar-refractivity contribution is -0.160. The molecule has 1 unspecified atom stereocenters. The second-order valence-electron chi connectivity index (χ2n) is 9.14. The molecule has 0 saturated carbocycles. The number of allylic oxidation sites excluding steroid dienone is 1. The predicted molar refractivity (Wildman–Crippen MR) is 130 cm³/mol. The highest BCUT2D eigenvalue weighted by atomic mass is 35.5. The first kappa shape index (κ1) is 23.1. The van der Waals surface area contributed by atoms with E-state index < -0.39 is 17.7 Å². The molecule has 0 saturated heterocycles. The number of carboxylic acids is 1. The van der Waals surface area contributed by atoms with Gasteiger partial charge in [-0.1, -0.05) is 53.6 Å². The van der Waals surface area contributed by atoms with Crippen LogP contribution in [-0.4, -0.2) is 16.7 Å². The van der Waals surface area contributed by atoms with Gasteiger partial charge in [-0.05, 0) is 92.8 Å². The summed E-state index contributed by atoms with van der Waals surface area (Å²) < 4.78 is 6.06. The van der Waals surface area contributed by atoms with Crippen LogP contribution in [0.5, 0.6) is 0 Å². The lowest BCUT2D eigenvalue weighted by Crippen LogP contribution is -2.28. The standard InChI is InChI=1S/C27H29ClO3/c1-16(2)13-18-7-8-20-14-17(3)23(25(26(29)30)31-27(4,5)6)24(22(20)15-18)19-9-11-21(28)12-10-19/h7-15,25H,1-6H3,(H,29,30). The average molecular weight is 437 g/mol. The molecule has 3 aromatic rings. The normalized spacial score (nSPS) is 12.6. The van der Waals surface area contributed by atoms with Gasteiger partial charge in [0, 0.05) is 10.6 Å². The molecule has 1 N–H and O–H groups in total. The Morgan fingerprint density at radius 1 is 1.06 bits per heavy atom. The van der Waals surface area contributed by atoms with E-state index in [1.807, 2.05) is 58.0 Å². The molecule has 31 heavy (non-hydrogen) atoms. The smallest absolute Gasteiger partial charge is 0.337 e. The summed E-state index contributed by atoms with van der Waals surface area (Å²) >= 11 is 6.14. The van der Waals surface area contributed by atoms with Gasteiger partial charge in [-0.15, -0.1) is 0 Å². The molecule has 0 aromatic heterocycles. The second kappa shape index (κ2) is 8.86. The highest BCUT2D eigenvalue weighted by Crippen LogP contribution is 2.41. The van der Waals surface area contributed by atoms with Crippen molar-refractivity contribution >= 4 is 34.4 Å². The van der Waals surface area contributed by atoms with Crippen molar-refractivity contribution in [2.45, 2.75) is 53.2 Å². The fourth-order valence-corrected chi connectivity index (χ4v) is 3.97. The van der Waals surface area contributed by atoms with Crippen LogP contribution in [-0.2, 0) is 9.53 Å². The molecule has 0 radical (unpaired) electrons. The first-order chi connectivity index (χ1) is 14.5. The number of rotatable bonds is 5. The number of carbonyl (C=O) groups is 1. The van der Waals surface area contributed by atoms with E-state index in [1.165, 1.54) is 5.57 Å². The molecule has 0 amide bonds. The number of halogens is 1. The predicted octanol–water partition coefficient (Wildman–Crippen LogP) is 7.83. The fourth-order valence-electron chi connectivity index (χ4n) is 3.84. The summed E-state index contributed by atoms with van der Waals surface area (Å²) in [5.74, 6) is -1.01. The maximum atomic E-state index is 12.4. The second-order valence-corrected chi connectivity index (χ2v) is 9.58. The average Bonchev–Trinajstić information content (AvgIpc) is 2.65. The van der Waals surface area contributed by atoms with Crippen molar-refractivity contribution in [1.82, 2.24) is 0 Å². The lowest BCUT2D eigenvalue weighted by atomic mass is 9.86. The summed E-state index contributed by atoms with van der Waals surface area (Å²) in [7, 11) is 0. The zero-order chi connectivity index (χ0) is 22.9. The Hall–Kier alpha value is -2.62. The summed E-state index contributed by atoms with van der Waals surface area (Å²) in [6.07, 6.45) is 1.02. The monoisotopic (exact) mass is 436 g/mol. The van der Waals surface area contributed by atoms with Crippen molar-refractivity contribution in [2.24, 2.45) is 0 Å². The molecular formula is C27H29ClO3. The van der Waals surface area contributed by atoms with Crippen LogP contribution < -0.4 is 0 Å². The zero-order valence-electron chi connectivity index (χ0n) is 18.9. The third-order valence-corrected chi connectivity index (χ3v) is 5.21. The number of hydrogen-bond acceptors (Lipinski definition) is 2. The van der Waals surface area contributed by atoms with Crippen LogP contribution in [0.15, 0.2) is 54.1 Å². The third-order valence-electron chi connectivity index (χ3n) is 4.96. The highest BCUT2D eigenvalue weighted by molar-refractivity contribution is 6.30. The zero-order valence-corrected chi connectivity index (χ0v) is 19.7. The Bertz CT molecular complexity index is 1150. The van der Waals surface area contributed by atoms with Crippen LogP contribution in [0.1, 0.15) is 57.4 Å². The van der Waals surface area contributed by atoms with E-state index in [9.17, 15) is 9.90 Å². The molecule has 0 fully saturated rings. The molecule has 162 valence electrons. The van der Waals surface area contributed by atoms with Gasteiger partial charge < -0.3 is 9.84 Å². The molecule has 3 nitrogen and oxygen atoms in total. The summed E-state index contributed by atoms with van der Waals surface area (Å²) in [5.41, 5.74) is 4.97. The Balaban J connectivity index is 2.42. The van der Waals surface area contributed by atoms with E-state index in [0.29, 0.717) is 10.6 Å². The van der Waals surface area contributed by atoms with Crippen molar-refractivity contribution in [2.75, 3.05) is 0 Å². The minimum Gasteiger partial charge on any atom is -0.479 e. The van der Waals surface area contributed by atoms with E-state index in [2.05, 4.69) is 38.1 Å². The van der Waals surface area contributed by atoms with Gasteiger partial charge in [-0.3, -0.25) is 0 Å². The van der Waals surface area contributed by atoms with Gasteiger partial charge in [0.1, 0.15) is 0 Å². The van der Waals surface area contributed by atoms with Crippen molar-refractivity contribution in [3.05, 3.63) is 75.8 Å². The SMILES string of the molecule is CC(C)=Cc1ccc2cc(C)c(C(OC(C)(C)C)C(=O)O)c(-c3ccc(Cl)cc3)c2c1. The third kappa shape index (κ3) is 5.36.